The molecule has 0 aromatic rings. The Bertz CT molecular complexity index is 204. The molecule has 5 nitrogen and oxygen atoms in total. The maximum absolute atomic E-state index is 11.1. The van der Waals surface area contributed by atoms with Crippen LogP contribution in [0.5, 0.6) is 0 Å². The van der Waals surface area contributed by atoms with Crippen LogP contribution < -0.4 is 11.1 Å². The van der Waals surface area contributed by atoms with Crippen molar-refractivity contribution in [3.8, 4) is 0 Å². The first kappa shape index (κ1) is 12.9. The van der Waals surface area contributed by atoms with E-state index in [1.807, 2.05) is 6.92 Å². The van der Waals surface area contributed by atoms with Gasteiger partial charge in [-0.1, -0.05) is 19.8 Å². The number of amides is 1. The van der Waals surface area contributed by atoms with Gasteiger partial charge in [0.15, 0.2) is 0 Å². The lowest BCUT2D eigenvalue weighted by atomic mass is 10.1. The van der Waals surface area contributed by atoms with Crippen molar-refractivity contribution < 1.29 is 14.7 Å². The monoisotopic (exact) mass is 202 g/mol. The molecule has 0 spiro atoms. The summed E-state index contributed by atoms with van der Waals surface area (Å²) in [6.45, 7) is 3.49. The molecular formula is C9H18N2O3. The molecule has 0 aliphatic carbocycles. The van der Waals surface area contributed by atoms with Crippen molar-refractivity contribution in [3.05, 3.63) is 0 Å². The van der Waals surface area contributed by atoms with Gasteiger partial charge in [0.05, 0.1) is 6.04 Å². The molecule has 0 aliphatic rings. The molecule has 0 aromatic heterocycles. The molecule has 0 rings (SSSR count). The Morgan fingerprint density at radius 1 is 1.50 bits per heavy atom. The van der Waals surface area contributed by atoms with Crippen molar-refractivity contribution in [2.45, 2.75) is 45.2 Å². The van der Waals surface area contributed by atoms with Crippen molar-refractivity contribution >= 4 is 11.9 Å². The van der Waals surface area contributed by atoms with Crippen molar-refractivity contribution in [3.63, 3.8) is 0 Å². The fraction of sp³-hybridized carbons (Fsp3) is 0.778. The van der Waals surface area contributed by atoms with E-state index in [1.54, 1.807) is 0 Å². The second-order valence-electron chi connectivity index (χ2n) is 3.33. The van der Waals surface area contributed by atoms with Crippen LogP contribution in [0.1, 0.15) is 33.1 Å². The number of carboxylic acids is 1. The summed E-state index contributed by atoms with van der Waals surface area (Å²) in [6, 6.07) is -1.48. The zero-order valence-corrected chi connectivity index (χ0v) is 8.62. The Kier molecular flexibility index (Phi) is 5.87. The molecule has 0 unspecified atom stereocenters. The van der Waals surface area contributed by atoms with E-state index in [2.05, 4.69) is 5.32 Å². The Morgan fingerprint density at radius 2 is 2.07 bits per heavy atom. The number of unbranched alkanes of at least 4 members (excludes halogenated alkanes) is 1. The number of carbonyl (C=O) groups is 2. The maximum atomic E-state index is 11.1. The van der Waals surface area contributed by atoms with Crippen molar-refractivity contribution in [2.24, 2.45) is 5.73 Å². The maximum Gasteiger partial charge on any atom is 0.326 e. The van der Waals surface area contributed by atoms with E-state index in [0.29, 0.717) is 6.42 Å². The lowest BCUT2D eigenvalue weighted by Crippen LogP contribution is -2.47. The second-order valence-corrected chi connectivity index (χ2v) is 3.33. The predicted octanol–water partition coefficient (Wildman–Crippen LogP) is 0.0932. The summed E-state index contributed by atoms with van der Waals surface area (Å²) in [5.41, 5.74) is 5.31. The molecule has 0 aliphatic heterocycles. The topological polar surface area (TPSA) is 92.4 Å². The van der Waals surface area contributed by atoms with Crippen LogP contribution in [0, 0.1) is 0 Å². The molecule has 0 radical (unpaired) electrons. The van der Waals surface area contributed by atoms with Crippen LogP contribution in [0.25, 0.3) is 0 Å². The molecule has 0 fully saturated rings. The molecule has 1 amide bonds. The van der Waals surface area contributed by atoms with Gasteiger partial charge in [0.25, 0.3) is 0 Å². The van der Waals surface area contributed by atoms with Gasteiger partial charge in [-0.2, -0.15) is 0 Å². The first-order valence-corrected chi connectivity index (χ1v) is 4.77. The molecule has 0 heterocycles. The van der Waals surface area contributed by atoms with Crippen LogP contribution in [0.2, 0.25) is 0 Å². The summed E-state index contributed by atoms with van der Waals surface area (Å²) in [7, 11) is 0. The minimum Gasteiger partial charge on any atom is -0.480 e. The number of rotatable bonds is 6. The molecule has 0 saturated heterocycles. The van der Waals surface area contributed by atoms with Gasteiger partial charge in [-0.3, -0.25) is 4.79 Å². The summed E-state index contributed by atoms with van der Waals surface area (Å²) >= 11 is 0. The third-order valence-electron chi connectivity index (χ3n) is 1.87. The average Bonchev–Trinajstić information content (AvgIpc) is 2.10. The smallest absolute Gasteiger partial charge is 0.326 e. The lowest BCUT2D eigenvalue weighted by molar-refractivity contribution is -0.142. The molecule has 5 heteroatoms. The van der Waals surface area contributed by atoms with Gasteiger partial charge < -0.3 is 16.2 Å². The van der Waals surface area contributed by atoms with Gasteiger partial charge in [0.2, 0.25) is 5.91 Å². The largest absolute Gasteiger partial charge is 0.480 e. The Labute approximate surface area is 83.7 Å². The summed E-state index contributed by atoms with van der Waals surface area (Å²) in [4.78, 5) is 21.8. The standard InChI is InChI=1S/C9H18N2O3/c1-3-4-5-7(9(13)14)11-8(12)6(2)10/h6-7H,3-5,10H2,1-2H3,(H,11,12)(H,13,14)/t6-,7+/m1/s1. The highest BCUT2D eigenvalue weighted by atomic mass is 16.4. The van der Waals surface area contributed by atoms with Crippen LogP contribution in [-0.2, 0) is 9.59 Å². The van der Waals surface area contributed by atoms with E-state index in [1.165, 1.54) is 6.92 Å². The van der Waals surface area contributed by atoms with E-state index in [0.717, 1.165) is 12.8 Å². The van der Waals surface area contributed by atoms with E-state index < -0.39 is 24.0 Å². The Morgan fingerprint density at radius 3 is 2.43 bits per heavy atom. The van der Waals surface area contributed by atoms with Gasteiger partial charge in [-0.05, 0) is 13.3 Å². The highest BCUT2D eigenvalue weighted by molar-refractivity contribution is 5.86. The number of carbonyl (C=O) groups excluding carboxylic acids is 1. The molecule has 4 N–H and O–H groups in total. The van der Waals surface area contributed by atoms with Gasteiger partial charge in [-0.15, -0.1) is 0 Å². The van der Waals surface area contributed by atoms with E-state index in [9.17, 15) is 9.59 Å². The van der Waals surface area contributed by atoms with Crippen molar-refractivity contribution in [1.29, 1.82) is 0 Å². The second kappa shape index (κ2) is 6.37. The van der Waals surface area contributed by atoms with Gasteiger partial charge >= 0.3 is 5.97 Å². The third kappa shape index (κ3) is 4.81. The van der Waals surface area contributed by atoms with Gasteiger partial charge in [-0.25, -0.2) is 4.79 Å². The minimum atomic E-state index is -1.01. The van der Waals surface area contributed by atoms with Crippen LogP contribution in [0.3, 0.4) is 0 Å². The minimum absolute atomic E-state index is 0.423. The van der Waals surface area contributed by atoms with Crippen LogP contribution in [0.15, 0.2) is 0 Å². The Balaban J connectivity index is 4.09. The van der Waals surface area contributed by atoms with E-state index in [4.69, 9.17) is 10.8 Å². The highest BCUT2D eigenvalue weighted by Gasteiger charge is 2.20. The van der Waals surface area contributed by atoms with Gasteiger partial charge in [0, 0.05) is 0 Å². The zero-order valence-electron chi connectivity index (χ0n) is 8.62. The quantitative estimate of drug-likeness (QED) is 0.569. The SMILES string of the molecule is CCCC[C@H](NC(=O)[C@@H](C)N)C(=O)O. The fourth-order valence-electron chi connectivity index (χ4n) is 0.969. The molecule has 82 valence electrons. The van der Waals surface area contributed by atoms with E-state index in [-0.39, 0.29) is 0 Å². The molecule has 0 saturated carbocycles. The fourth-order valence-corrected chi connectivity index (χ4v) is 0.969. The number of hydrogen-bond acceptors (Lipinski definition) is 3. The highest BCUT2D eigenvalue weighted by Crippen LogP contribution is 2.00. The third-order valence-corrected chi connectivity index (χ3v) is 1.87. The number of hydrogen-bond donors (Lipinski definition) is 3. The first-order valence-electron chi connectivity index (χ1n) is 4.77. The van der Waals surface area contributed by atoms with Gasteiger partial charge in [0.1, 0.15) is 6.04 Å². The molecule has 0 aromatic carbocycles. The number of nitrogens with two attached hydrogens (primary N) is 1. The molecule has 0 bridgehead atoms. The molecule has 14 heavy (non-hydrogen) atoms. The zero-order chi connectivity index (χ0) is 11.1. The average molecular weight is 202 g/mol. The van der Waals surface area contributed by atoms with Crippen LogP contribution in [0.4, 0.5) is 0 Å². The van der Waals surface area contributed by atoms with Crippen molar-refractivity contribution in [2.75, 3.05) is 0 Å². The number of carboxylic acid groups (broad SMARTS) is 1. The summed E-state index contributed by atoms with van der Waals surface area (Å²) in [5.74, 6) is -1.43. The normalized spacial score (nSPS) is 14.5. The van der Waals surface area contributed by atoms with Crippen LogP contribution >= 0.6 is 0 Å². The summed E-state index contributed by atoms with van der Waals surface area (Å²) in [5, 5.41) is 11.2. The number of aliphatic carboxylic acids is 1. The van der Waals surface area contributed by atoms with Crippen LogP contribution in [-0.4, -0.2) is 29.1 Å². The summed E-state index contributed by atoms with van der Waals surface area (Å²) in [6.07, 6.45) is 2.12. The molecular weight excluding hydrogens is 184 g/mol. The van der Waals surface area contributed by atoms with Crippen molar-refractivity contribution in [1.82, 2.24) is 5.32 Å². The Hall–Kier alpha value is -1.10. The lowest BCUT2D eigenvalue weighted by Gasteiger charge is -2.15. The molecule has 2 atom stereocenters. The van der Waals surface area contributed by atoms with E-state index >= 15 is 0 Å². The first-order chi connectivity index (χ1) is 6.49. The summed E-state index contributed by atoms with van der Waals surface area (Å²) < 4.78 is 0. The number of nitrogens with one attached hydrogen (secondary N) is 1. The predicted molar refractivity (Wildman–Crippen MR) is 52.7 cm³/mol.